The summed E-state index contributed by atoms with van der Waals surface area (Å²) in [6.07, 6.45) is 2.82. The predicted molar refractivity (Wildman–Crippen MR) is 86.9 cm³/mol. The van der Waals surface area contributed by atoms with Crippen molar-refractivity contribution >= 4 is 17.5 Å². The van der Waals surface area contributed by atoms with E-state index in [4.69, 9.17) is 11.6 Å². The van der Waals surface area contributed by atoms with Crippen LogP contribution in [0.1, 0.15) is 44.1 Å². The van der Waals surface area contributed by atoms with Crippen molar-refractivity contribution in [1.82, 2.24) is 25.5 Å². The number of hydrogen-bond acceptors (Lipinski definition) is 4. The molecule has 1 aliphatic carbocycles. The molecule has 1 N–H and O–H groups in total. The van der Waals surface area contributed by atoms with Gasteiger partial charge in [0.2, 0.25) is 5.91 Å². The normalized spacial score (nSPS) is 14.7. The second-order valence-corrected chi connectivity index (χ2v) is 7.08. The Morgan fingerprint density at radius 2 is 2.22 bits per heavy atom. The summed E-state index contributed by atoms with van der Waals surface area (Å²) in [7, 11) is 0. The summed E-state index contributed by atoms with van der Waals surface area (Å²) in [5.41, 5.74) is 0.503. The third kappa shape index (κ3) is 3.88. The van der Waals surface area contributed by atoms with Crippen LogP contribution in [0.3, 0.4) is 0 Å². The van der Waals surface area contributed by atoms with Crippen molar-refractivity contribution in [1.29, 1.82) is 0 Å². The molecule has 23 heavy (non-hydrogen) atoms. The van der Waals surface area contributed by atoms with Crippen molar-refractivity contribution in [3.63, 3.8) is 0 Å². The molecule has 0 atom stereocenters. The van der Waals surface area contributed by atoms with Gasteiger partial charge in [0.1, 0.15) is 0 Å². The zero-order valence-electron chi connectivity index (χ0n) is 13.3. The van der Waals surface area contributed by atoms with Gasteiger partial charge in [0.05, 0.1) is 12.6 Å². The first-order valence-electron chi connectivity index (χ1n) is 7.75. The number of nitrogens with zero attached hydrogens (tertiary/aromatic N) is 4. The molecule has 1 saturated carbocycles. The summed E-state index contributed by atoms with van der Waals surface area (Å²) in [5.74, 6) is 0.683. The molecule has 3 rings (SSSR count). The molecule has 1 aromatic carbocycles. The molecule has 1 fully saturated rings. The zero-order valence-corrected chi connectivity index (χ0v) is 14.0. The molecule has 1 aromatic heterocycles. The zero-order chi connectivity index (χ0) is 16.4. The third-order valence-electron chi connectivity index (χ3n) is 4.01. The van der Waals surface area contributed by atoms with Crippen LogP contribution in [0, 0.1) is 5.41 Å². The summed E-state index contributed by atoms with van der Waals surface area (Å²) in [6, 6.07) is 8.00. The van der Waals surface area contributed by atoms with Crippen LogP contribution in [0.15, 0.2) is 24.3 Å². The van der Waals surface area contributed by atoms with Crippen LogP contribution in [0.5, 0.6) is 0 Å². The maximum absolute atomic E-state index is 12.5. The first kappa shape index (κ1) is 15.9. The molecule has 0 saturated heterocycles. The van der Waals surface area contributed by atoms with Crippen molar-refractivity contribution in [3.05, 3.63) is 40.7 Å². The lowest BCUT2D eigenvalue weighted by molar-refractivity contribution is -0.129. The minimum absolute atomic E-state index is 0.0252. The quantitative estimate of drug-likeness (QED) is 0.881. The smallest absolute Gasteiger partial charge is 0.226 e. The Bertz CT molecular complexity index is 708. The summed E-state index contributed by atoms with van der Waals surface area (Å²) < 4.78 is 1.81. The Morgan fingerprint density at radius 3 is 2.91 bits per heavy atom. The second kappa shape index (κ2) is 6.28. The van der Waals surface area contributed by atoms with E-state index in [-0.39, 0.29) is 5.91 Å². The van der Waals surface area contributed by atoms with Crippen LogP contribution < -0.4 is 5.32 Å². The first-order chi connectivity index (χ1) is 11.0. The average Bonchev–Trinajstić information content (AvgIpc) is 3.23. The molecule has 7 heteroatoms. The number of carbonyl (C=O) groups excluding carboxylic acids is 1. The van der Waals surface area contributed by atoms with Gasteiger partial charge in [-0.25, -0.2) is 4.68 Å². The van der Waals surface area contributed by atoms with E-state index in [1.807, 2.05) is 42.8 Å². The van der Waals surface area contributed by atoms with E-state index in [2.05, 4.69) is 20.8 Å². The standard InChI is InChI=1S/C16H20ClN5O/c1-16(2,9-11-4-3-5-12(17)8-11)15(23)18-10-14-19-20-21-22(14)13-6-7-13/h3-5,8,13H,6-7,9-10H2,1-2H3,(H,18,23). The molecule has 0 unspecified atom stereocenters. The SMILES string of the molecule is CC(C)(Cc1cccc(Cl)c1)C(=O)NCc1nnnn1C1CC1. The van der Waals surface area contributed by atoms with Gasteiger partial charge >= 0.3 is 0 Å². The minimum atomic E-state index is -0.539. The van der Waals surface area contributed by atoms with Gasteiger partial charge < -0.3 is 5.32 Å². The van der Waals surface area contributed by atoms with Gasteiger partial charge in [0, 0.05) is 10.4 Å². The molecule has 0 spiro atoms. The summed E-state index contributed by atoms with van der Waals surface area (Å²) in [6.45, 7) is 4.20. The van der Waals surface area contributed by atoms with E-state index < -0.39 is 5.41 Å². The highest BCUT2D eigenvalue weighted by atomic mass is 35.5. The van der Waals surface area contributed by atoms with Crippen molar-refractivity contribution in [2.75, 3.05) is 0 Å². The number of benzene rings is 1. The molecule has 0 bridgehead atoms. The van der Waals surface area contributed by atoms with Gasteiger partial charge in [-0.2, -0.15) is 0 Å². The third-order valence-corrected chi connectivity index (χ3v) is 4.25. The van der Waals surface area contributed by atoms with Gasteiger partial charge in [-0.05, 0) is 47.4 Å². The van der Waals surface area contributed by atoms with Crippen LogP contribution in [-0.2, 0) is 17.8 Å². The van der Waals surface area contributed by atoms with Gasteiger partial charge in [-0.3, -0.25) is 4.79 Å². The van der Waals surface area contributed by atoms with Crippen LogP contribution >= 0.6 is 11.6 Å². The summed E-state index contributed by atoms with van der Waals surface area (Å²) in [4.78, 5) is 12.5. The summed E-state index contributed by atoms with van der Waals surface area (Å²) >= 11 is 6.01. The van der Waals surface area contributed by atoms with E-state index >= 15 is 0 Å². The van der Waals surface area contributed by atoms with Crippen LogP contribution in [0.25, 0.3) is 0 Å². The molecule has 0 aliphatic heterocycles. The average molecular weight is 334 g/mol. The minimum Gasteiger partial charge on any atom is -0.348 e. The Balaban J connectivity index is 1.61. The molecular formula is C16H20ClN5O. The van der Waals surface area contributed by atoms with Crippen molar-refractivity contribution in [2.45, 2.75) is 45.7 Å². The van der Waals surface area contributed by atoms with Crippen LogP contribution in [-0.4, -0.2) is 26.1 Å². The number of tetrazole rings is 1. The Labute approximate surface area is 140 Å². The lowest BCUT2D eigenvalue weighted by atomic mass is 9.85. The van der Waals surface area contributed by atoms with Crippen molar-refractivity contribution in [3.8, 4) is 0 Å². The second-order valence-electron chi connectivity index (χ2n) is 6.64. The lowest BCUT2D eigenvalue weighted by Gasteiger charge is -2.23. The highest BCUT2D eigenvalue weighted by Gasteiger charge is 2.30. The van der Waals surface area contributed by atoms with E-state index in [0.29, 0.717) is 29.9 Å². The number of aromatic nitrogens is 4. The monoisotopic (exact) mass is 333 g/mol. The highest BCUT2D eigenvalue weighted by Crippen LogP contribution is 2.34. The molecule has 6 nitrogen and oxygen atoms in total. The fourth-order valence-electron chi connectivity index (χ4n) is 2.57. The van der Waals surface area contributed by atoms with E-state index in [1.54, 1.807) is 0 Å². The van der Waals surface area contributed by atoms with Gasteiger partial charge in [-0.1, -0.05) is 37.6 Å². The maximum atomic E-state index is 12.5. The first-order valence-corrected chi connectivity index (χ1v) is 8.13. The Hall–Kier alpha value is -1.95. The Morgan fingerprint density at radius 1 is 1.43 bits per heavy atom. The number of halogens is 1. The van der Waals surface area contributed by atoms with Crippen molar-refractivity contribution < 1.29 is 4.79 Å². The number of carbonyl (C=O) groups is 1. The lowest BCUT2D eigenvalue weighted by Crippen LogP contribution is -2.38. The highest BCUT2D eigenvalue weighted by molar-refractivity contribution is 6.30. The van der Waals surface area contributed by atoms with Crippen LogP contribution in [0.4, 0.5) is 0 Å². The molecule has 1 amide bonds. The molecule has 0 radical (unpaired) electrons. The number of rotatable bonds is 6. The number of hydrogen-bond donors (Lipinski definition) is 1. The maximum Gasteiger partial charge on any atom is 0.226 e. The van der Waals surface area contributed by atoms with E-state index in [9.17, 15) is 4.79 Å². The van der Waals surface area contributed by atoms with Crippen molar-refractivity contribution in [2.24, 2.45) is 5.41 Å². The molecule has 1 heterocycles. The Kier molecular flexibility index (Phi) is 4.35. The van der Waals surface area contributed by atoms with E-state index in [1.165, 1.54) is 0 Å². The van der Waals surface area contributed by atoms with Gasteiger partial charge in [0.15, 0.2) is 5.82 Å². The summed E-state index contributed by atoms with van der Waals surface area (Å²) in [5, 5.41) is 15.3. The fourth-order valence-corrected chi connectivity index (χ4v) is 2.78. The molecule has 1 aliphatic rings. The molecular weight excluding hydrogens is 314 g/mol. The van der Waals surface area contributed by atoms with Crippen LogP contribution in [0.2, 0.25) is 5.02 Å². The predicted octanol–water partition coefficient (Wildman–Crippen LogP) is 2.55. The topological polar surface area (TPSA) is 72.7 Å². The van der Waals surface area contributed by atoms with Gasteiger partial charge in [-0.15, -0.1) is 5.10 Å². The van der Waals surface area contributed by atoms with Gasteiger partial charge in [0.25, 0.3) is 0 Å². The molecule has 2 aromatic rings. The molecule has 122 valence electrons. The fraction of sp³-hybridized carbons (Fsp3) is 0.500. The number of amides is 1. The largest absolute Gasteiger partial charge is 0.348 e. The van der Waals surface area contributed by atoms with E-state index in [0.717, 1.165) is 18.4 Å². The number of nitrogens with one attached hydrogen (secondary N) is 1.